The largest absolute Gasteiger partial charge is 0.497 e. The van der Waals surface area contributed by atoms with Crippen LogP contribution in [-0.2, 0) is 0 Å². The predicted molar refractivity (Wildman–Crippen MR) is 89.7 cm³/mol. The first-order valence-electron chi connectivity index (χ1n) is 7.39. The van der Waals surface area contributed by atoms with Crippen molar-refractivity contribution in [3.63, 3.8) is 0 Å². The fraction of sp³-hybridized carbons (Fsp3) is 0.294. The quantitative estimate of drug-likeness (QED) is 0.826. The van der Waals surface area contributed by atoms with E-state index >= 15 is 0 Å². The third-order valence-corrected chi connectivity index (χ3v) is 4.69. The molecule has 0 bridgehead atoms. The standard InChI is InChI=1S/C17H18N2O3S/c1-22-14-6-3-12(4-7-14)17-19-15(10-23-17)16(21)18-13-5-2-11(8-13)9-20/h2-7,10-11,13,20H,8-9H2,1H3,(H,18,21)/t11-,13+/m0/s1. The van der Waals surface area contributed by atoms with Gasteiger partial charge in [0.25, 0.3) is 5.91 Å². The zero-order chi connectivity index (χ0) is 16.2. The van der Waals surface area contributed by atoms with Gasteiger partial charge in [-0.05, 0) is 30.7 Å². The maximum Gasteiger partial charge on any atom is 0.271 e. The van der Waals surface area contributed by atoms with Crippen molar-refractivity contribution < 1.29 is 14.6 Å². The van der Waals surface area contributed by atoms with Gasteiger partial charge in [0.1, 0.15) is 16.5 Å². The number of methoxy groups -OCH3 is 1. The van der Waals surface area contributed by atoms with Crippen LogP contribution in [0, 0.1) is 5.92 Å². The molecule has 1 aliphatic rings. The number of carbonyl (C=O) groups excluding carboxylic acids is 1. The van der Waals surface area contributed by atoms with Crippen LogP contribution in [-0.4, -0.2) is 35.8 Å². The highest BCUT2D eigenvalue weighted by Crippen LogP contribution is 2.26. The lowest BCUT2D eigenvalue weighted by Crippen LogP contribution is -2.33. The van der Waals surface area contributed by atoms with E-state index in [-0.39, 0.29) is 24.5 Å². The first-order valence-corrected chi connectivity index (χ1v) is 8.27. The number of rotatable bonds is 5. The molecule has 2 N–H and O–H groups in total. The second-order valence-corrected chi connectivity index (χ2v) is 6.27. The van der Waals surface area contributed by atoms with E-state index in [1.807, 2.05) is 36.4 Å². The van der Waals surface area contributed by atoms with Gasteiger partial charge in [-0.3, -0.25) is 4.79 Å². The summed E-state index contributed by atoms with van der Waals surface area (Å²) in [6, 6.07) is 7.55. The zero-order valence-electron chi connectivity index (χ0n) is 12.7. The fourth-order valence-electron chi connectivity index (χ4n) is 2.50. The van der Waals surface area contributed by atoms with Crippen molar-refractivity contribution in [3.05, 3.63) is 47.5 Å². The lowest BCUT2D eigenvalue weighted by Gasteiger charge is -2.11. The highest BCUT2D eigenvalue weighted by Gasteiger charge is 2.21. The molecule has 0 spiro atoms. The summed E-state index contributed by atoms with van der Waals surface area (Å²) >= 11 is 1.44. The van der Waals surface area contributed by atoms with E-state index in [4.69, 9.17) is 9.84 Å². The van der Waals surface area contributed by atoms with Gasteiger partial charge in [0, 0.05) is 29.5 Å². The molecule has 0 radical (unpaired) electrons. The molecule has 5 nitrogen and oxygen atoms in total. The number of amides is 1. The number of aromatic nitrogens is 1. The number of carbonyl (C=O) groups is 1. The van der Waals surface area contributed by atoms with Gasteiger partial charge in [-0.15, -0.1) is 11.3 Å². The topological polar surface area (TPSA) is 71.5 Å². The number of hydrogen-bond donors (Lipinski definition) is 2. The second kappa shape index (κ2) is 6.93. The first-order chi connectivity index (χ1) is 11.2. The highest BCUT2D eigenvalue weighted by molar-refractivity contribution is 7.13. The van der Waals surface area contributed by atoms with Gasteiger partial charge in [0.15, 0.2) is 0 Å². The number of thiazole rings is 1. The van der Waals surface area contributed by atoms with Crippen LogP contribution >= 0.6 is 11.3 Å². The van der Waals surface area contributed by atoms with Crippen molar-refractivity contribution in [1.82, 2.24) is 10.3 Å². The lowest BCUT2D eigenvalue weighted by atomic mass is 10.1. The lowest BCUT2D eigenvalue weighted by molar-refractivity contribution is 0.0937. The molecule has 0 aliphatic heterocycles. The van der Waals surface area contributed by atoms with E-state index in [9.17, 15) is 4.79 Å². The SMILES string of the molecule is COc1ccc(-c2nc(C(=O)N[C@@H]3C=C[C@H](CO)C3)cs2)cc1. The van der Waals surface area contributed by atoms with E-state index < -0.39 is 0 Å². The van der Waals surface area contributed by atoms with Gasteiger partial charge >= 0.3 is 0 Å². The maximum absolute atomic E-state index is 12.3. The Bertz CT molecular complexity index is 709. The molecule has 0 fully saturated rings. The third kappa shape index (κ3) is 3.60. The monoisotopic (exact) mass is 330 g/mol. The molecule has 23 heavy (non-hydrogen) atoms. The fourth-order valence-corrected chi connectivity index (χ4v) is 3.31. The van der Waals surface area contributed by atoms with Gasteiger partial charge in [0.2, 0.25) is 0 Å². The zero-order valence-corrected chi connectivity index (χ0v) is 13.5. The Morgan fingerprint density at radius 1 is 1.39 bits per heavy atom. The van der Waals surface area contributed by atoms with E-state index in [0.717, 1.165) is 22.7 Å². The molecular formula is C17H18N2O3S. The van der Waals surface area contributed by atoms with Crippen LogP contribution in [0.25, 0.3) is 10.6 Å². The smallest absolute Gasteiger partial charge is 0.271 e. The molecule has 0 saturated heterocycles. The van der Waals surface area contributed by atoms with Crippen molar-refractivity contribution >= 4 is 17.2 Å². The molecule has 0 saturated carbocycles. The van der Waals surface area contributed by atoms with Gasteiger partial charge in [0.05, 0.1) is 7.11 Å². The average molecular weight is 330 g/mol. The van der Waals surface area contributed by atoms with E-state index in [0.29, 0.717) is 5.69 Å². The Morgan fingerprint density at radius 2 is 2.17 bits per heavy atom. The summed E-state index contributed by atoms with van der Waals surface area (Å²) in [6.45, 7) is 0.112. The van der Waals surface area contributed by atoms with Crippen LogP contribution in [0.3, 0.4) is 0 Å². The normalized spacial score (nSPS) is 19.7. The molecule has 1 amide bonds. The number of benzene rings is 1. The minimum atomic E-state index is -0.186. The predicted octanol–water partition coefficient (Wildman–Crippen LogP) is 2.49. The first kappa shape index (κ1) is 15.7. The van der Waals surface area contributed by atoms with Gasteiger partial charge < -0.3 is 15.2 Å². The summed E-state index contributed by atoms with van der Waals surface area (Å²) in [6.07, 6.45) is 4.60. The third-order valence-electron chi connectivity index (χ3n) is 3.80. The number of aliphatic hydroxyl groups is 1. The van der Waals surface area contributed by atoms with Gasteiger partial charge in [-0.2, -0.15) is 0 Å². The van der Waals surface area contributed by atoms with Crippen LogP contribution in [0.1, 0.15) is 16.9 Å². The summed E-state index contributed by atoms with van der Waals surface area (Å²) in [5.41, 5.74) is 1.37. The van der Waals surface area contributed by atoms with Gasteiger partial charge in [-0.25, -0.2) is 4.98 Å². The molecule has 1 aromatic carbocycles. The van der Waals surface area contributed by atoms with Crippen molar-refractivity contribution in [2.45, 2.75) is 12.5 Å². The molecule has 0 unspecified atom stereocenters. The van der Waals surface area contributed by atoms with E-state index in [1.165, 1.54) is 11.3 Å². The summed E-state index contributed by atoms with van der Waals surface area (Å²) < 4.78 is 5.14. The van der Waals surface area contributed by atoms with Crippen LogP contribution < -0.4 is 10.1 Å². The minimum Gasteiger partial charge on any atom is -0.497 e. The number of nitrogens with one attached hydrogen (secondary N) is 1. The Balaban J connectivity index is 1.66. The summed E-state index contributed by atoms with van der Waals surface area (Å²) in [5.74, 6) is 0.731. The van der Waals surface area contributed by atoms with Crippen LogP contribution in [0.5, 0.6) is 5.75 Å². The molecule has 1 aromatic heterocycles. The number of nitrogens with zero attached hydrogens (tertiary/aromatic N) is 1. The molecular weight excluding hydrogens is 312 g/mol. The molecule has 1 aliphatic carbocycles. The van der Waals surface area contributed by atoms with Crippen molar-refractivity contribution in [3.8, 4) is 16.3 Å². The molecule has 1 heterocycles. The van der Waals surface area contributed by atoms with Crippen LogP contribution in [0.4, 0.5) is 0 Å². The Hall–Kier alpha value is -2.18. The van der Waals surface area contributed by atoms with Gasteiger partial charge in [-0.1, -0.05) is 12.2 Å². The molecule has 2 aromatic rings. The van der Waals surface area contributed by atoms with Crippen molar-refractivity contribution in [1.29, 1.82) is 0 Å². The maximum atomic E-state index is 12.3. The Morgan fingerprint density at radius 3 is 2.83 bits per heavy atom. The number of aliphatic hydroxyl groups excluding tert-OH is 1. The Labute approximate surface area is 138 Å². The summed E-state index contributed by atoms with van der Waals surface area (Å²) in [5, 5.41) is 14.6. The average Bonchev–Trinajstić information content (AvgIpc) is 3.24. The van der Waals surface area contributed by atoms with Crippen molar-refractivity contribution in [2.24, 2.45) is 5.92 Å². The summed E-state index contributed by atoms with van der Waals surface area (Å²) in [4.78, 5) is 16.7. The number of ether oxygens (including phenoxy) is 1. The Kier molecular flexibility index (Phi) is 4.73. The second-order valence-electron chi connectivity index (χ2n) is 5.41. The minimum absolute atomic E-state index is 0.0363. The van der Waals surface area contributed by atoms with Crippen LogP contribution in [0.15, 0.2) is 41.8 Å². The summed E-state index contributed by atoms with van der Waals surface area (Å²) in [7, 11) is 1.62. The molecule has 2 atom stereocenters. The van der Waals surface area contributed by atoms with E-state index in [1.54, 1.807) is 12.5 Å². The van der Waals surface area contributed by atoms with Crippen molar-refractivity contribution in [2.75, 3.05) is 13.7 Å². The van der Waals surface area contributed by atoms with E-state index in [2.05, 4.69) is 10.3 Å². The number of hydrogen-bond acceptors (Lipinski definition) is 5. The highest BCUT2D eigenvalue weighted by atomic mass is 32.1. The van der Waals surface area contributed by atoms with Crippen LogP contribution in [0.2, 0.25) is 0 Å². The molecule has 120 valence electrons. The molecule has 3 rings (SSSR count). The molecule has 6 heteroatoms.